The maximum absolute atomic E-state index is 5.07. The maximum Gasteiger partial charge on any atom is 0.182 e. The molecule has 12 rings (SSSR count). The summed E-state index contributed by atoms with van der Waals surface area (Å²) >= 11 is 0. The van der Waals surface area contributed by atoms with Crippen molar-refractivity contribution in [2.75, 3.05) is 0 Å². The molecule has 2 aromatic heterocycles. The van der Waals surface area contributed by atoms with Crippen molar-refractivity contribution in [2.24, 2.45) is 23.7 Å². The van der Waals surface area contributed by atoms with Crippen LogP contribution in [-0.4, -0.2) is 19.9 Å². The lowest BCUT2D eigenvalue weighted by Crippen LogP contribution is -2.55. The Morgan fingerprint density at radius 3 is 1.84 bits per heavy atom. The van der Waals surface area contributed by atoms with Crippen molar-refractivity contribution >= 4 is 10.8 Å². The van der Waals surface area contributed by atoms with E-state index in [4.69, 9.17) is 15.0 Å². The van der Waals surface area contributed by atoms with Crippen molar-refractivity contribution in [3.05, 3.63) is 145 Å². The lowest BCUT2D eigenvalue weighted by Gasteiger charge is -2.61. The highest BCUT2D eigenvalue weighted by Crippen LogP contribution is 2.69. The Morgan fingerprint density at radius 2 is 1.06 bits per heavy atom. The number of fused-ring (bicyclic) bond motifs is 4. The van der Waals surface area contributed by atoms with Crippen LogP contribution in [0.25, 0.3) is 67.3 Å². The first kappa shape index (κ1) is 28.4. The minimum absolute atomic E-state index is 0.145. The van der Waals surface area contributed by atoms with E-state index in [1.807, 2.05) is 48.5 Å². The van der Waals surface area contributed by atoms with Gasteiger partial charge in [0.25, 0.3) is 0 Å². The summed E-state index contributed by atoms with van der Waals surface area (Å²) in [5, 5.41) is 2.34. The smallest absolute Gasteiger partial charge is 0.182 e. The highest BCUT2D eigenvalue weighted by atomic mass is 15.0. The standard InChI is InChI=1S/C46H36N4/c1-2-10-30(11-3-1)43-48-44(50-45(49-43)42-16-8-9-21-47-42)39-20-19-34(35-12-4-5-13-36(35)39)31-17-18-38-37-14-6-7-15-40(37)46(41(38)27-31)32-23-28-22-29(25-32)26-33(46)24-28/h1-21,27-29,32-33H,22-26H2. The summed E-state index contributed by atoms with van der Waals surface area (Å²) in [6, 6.07) is 46.0. The number of rotatable bonds is 4. The normalized spacial score (nSPS) is 24.1. The molecule has 50 heavy (non-hydrogen) atoms. The molecule has 0 unspecified atom stereocenters. The average Bonchev–Trinajstić information content (AvgIpc) is 3.47. The number of nitrogens with zero attached hydrogens (tertiary/aromatic N) is 4. The van der Waals surface area contributed by atoms with E-state index in [2.05, 4.69) is 83.8 Å². The second-order valence-corrected chi connectivity index (χ2v) is 15.1. The third-order valence-corrected chi connectivity index (χ3v) is 12.6. The molecule has 0 saturated heterocycles. The second-order valence-electron chi connectivity index (χ2n) is 15.1. The average molecular weight is 645 g/mol. The van der Waals surface area contributed by atoms with E-state index in [9.17, 15) is 0 Å². The van der Waals surface area contributed by atoms with Crippen molar-refractivity contribution in [1.82, 2.24) is 19.9 Å². The highest BCUT2D eigenvalue weighted by Gasteiger charge is 2.61. The Morgan fingerprint density at radius 1 is 0.440 bits per heavy atom. The zero-order valence-corrected chi connectivity index (χ0v) is 27.8. The molecule has 0 radical (unpaired) electrons. The molecule has 4 saturated carbocycles. The fourth-order valence-corrected chi connectivity index (χ4v) is 10.9. The first-order valence-electron chi connectivity index (χ1n) is 18.2. The van der Waals surface area contributed by atoms with Crippen LogP contribution in [0, 0.1) is 23.7 Å². The first-order chi connectivity index (χ1) is 24.7. The summed E-state index contributed by atoms with van der Waals surface area (Å²) in [6.07, 6.45) is 8.81. The molecule has 5 aliphatic rings. The molecule has 4 heteroatoms. The molecule has 5 aromatic carbocycles. The van der Waals surface area contributed by atoms with Gasteiger partial charge < -0.3 is 0 Å². The summed E-state index contributed by atoms with van der Waals surface area (Å²) in [5.41, 5.74) is 11.5. The van der Waals surface area contributed by atoms with Gasteiger partial charge in [-0.1, -0.05) is 103 Å². The highest BCUT2D eigenvalue weighted by molar-refractivity contribution is 6.04. The Balaban J connectivity index is 1.08. The van der Waals surface area contributed by atoms with Crippen molar-refractivity contribution in [3.63, 3.8) is 0 Å². The van der Waals surface area contributed by atoms with Gasteiger partial charge in [-0.2, -0.15) is 0 Å². The molecule has 2 heterocycles. The van der Waals surface area contributed by atoms with Gasteiger partial charge in [0.15, 0.2) is 17.5 Å². The minimum Gasteiger partial charge on any atom is -0.253 e. The molecule has 4 nitrogen and oxygen atoms in total. The van der Waals surface area contributed by atoms with E-state index >= 15 is 0 Å². The molecule has 4 fully saturated rings. The summed E-state index contributed by atoms with van der Waals surface area (Å²) in [4.78, 5) is 19.6. The van der Waals surface area contributed by atoms with Gasteiger partial charge >= 0.3 is 0 Å². The molecular formula is C46H36N4. The second kappa shape index (κ2) is 10.8. The van der Waals surface area contributed by atoms with Gasteiger partial charge in [-0.25, -0.2) is 15.0 Å². The zero-order chi connectivity index (χ0) is 32.8. The van der Waals surface area contributed by atoms with E-state index in [1.165, 1.54) is 59.7 Å². The quantitative estimate of drug-likeness (QED) is 0.191. The van der Waals surface area contributed by atoms with Crippen LogP contribution in [0.1, 0.15) is 43.2 Å². The van der Waals surface area contributed by atoms with Crippen LogP contribution in [0.4, 0.5) is 0 Å². The number of hydrogen-bond donors (Lipinski definition) is 0. The molecule has 5 aliphatic carbocycles. The summed E-state index contributed by atoms with van der Waals surface area (Å²) < 4.78 is 0. The summed E-state index contributed by atoms with van der Waals surface area (Å²) in [5.74, 6) is 5.20. The lowest BCUT2D eigenvalue weighted by atomic mass is 9.43. The Hall–Kier alpha value is -5.48. The molecule has 240 valence electrons. The van der Waals surface area contributed by atoms with Gasteiger partial charge in [0.05, 0.1) is 0 Å². The van der Waals surface area contributed by atoms with E-state index in [0.29, 0.717) is 17.5 Å². The van der Waals surface area contributed by atoms with Crippen LogP contribution in [0.5, 0.6) is 0 Å². The predicted molar refractivity (Wildman–Crippen MR) is 200 cm³/mol. The van der Waals surface area contributed by atoms with Gasteiger partial charge in [-0.3, -0.25) is 4.98 Å². The topological polar surface area (TPSA) is 51.6 Å². The molecule has 0 N–H and O–H groups in total. The van der Waals surface area contributed by atoms with Crippen LogP contribution in [0.15, 0.2) is 134 Å². The third-order valence-electron chi connectivity index (χ3n) is 12.6. The summed E-state index contributed by atoms with van der Waals surface area (Å²) in [7, 11) is 0. The van der Waals surface area contributed by atoms with Crippen LogP contribution >= 0.6 is 0 Å². The molecular weight excluding hydrogens is 609 g/mol. The van der Waals surface area contributed by atoms with E-state index in [1.54, 1.807) is 17.3 Å². The fourth-order valence-electron chi connectivity index (χ4n) is 10.9. The number of benzene rings is 5. The van der Waals surface area contributed by atoms with Crippen molar-refractivity contribution in [2.45, 2.75) is 37.5 Å². The van der Waals surface area contributed by atoms with Crippen molar-refractivity contribution in [1.29, 1.82) is 0 Å². The third kappa shape index (κ3) is 4.05. The van der Waals surface area contributed by atoms with Crippen molar-refractivity contribution in [3.8, 4) is 56.5 Å². The molecule has 0 atom stereocenters. The van der Waals surface area contributed by atoms with E-state index in [-0.39, 0.29) is 5.41 Å². The Bertz CT molecular complexity index is 2370. The SMILES string of the molecule is c1ccc(-c2nc(-c3ccccn3)nc(-c3ccc(-c4ccc5c(c4)C4(c6ccccc6-5)C5CC6CC(C5)CC4C6)c4ccccc34)n2)cc1. The van der Waals surface area contributed by atoms with Gasteiger partial charge in [0, 0.05) is 22.7 Å². The molecule has 7 aromatic rings. The van der Waals surface area contributed by atoms with Crippen LogP contribution in [0.2, 0.25) is 0 Å². The number of hydrogen-bond acceptors (Lipinski definition) is 4. The fraction of sp³-hybridized carbons (Fsp3) is 0.217. The van der Waals surface area contributed by atoms with Crippen LogP contribution in [-0.2, 0) is 5.41 Å². The van der Waals surface area contributed by atoms with E-state index < -0.39 is 0 Å². The zero-order valence-electron chi connectivity index (χ0n) is 27.8. The van der Waals surface area contributed by atoms with Crippen molar-refractivity contribution < 1.29 is 0 Å². The molecule has 4 bridgehead atoms. The van der Waals surface area contributed by atoms with Gasteiger partial charge in [0.1, 0.15) is 5.69 Å². The first-order valence-corrected chi connectivity index (χ1v) is 18.2. The largest absolute Gasteiger partial charge is 0.253 e. The van der Waals surface area contributed by atoms with Crippen LogP contribution < -0.4 is 0 Å². The van der Waals surface area contributed by atoms with Gasteiger partial charge in [-0.05, 0) is 124 Å². The molecule has 1 spiro atoms. The Labute approximate surface area is 292 Å². The molecule has 0 aliphatic heterocycles. The lowest BCUT2D eigenvalue weighted by molar-refractivity contribution is -0.0399. The molecule has 0 amide bonds. The number of aromatic nitrogens is 4. The summed E-state index contributed by atoms with van der Waals surface area (Å²) in [6.45, 7) is 0. The monoisotopic (exact) mass is 644 g/mol. The van der Waals surface area contributed by atoms with Crippen LogP contribution in [0.3, 0.4) is 0 Å². The van der Waals surface area contributed by atoms with E-state index in [0.717, 1.165) is 45.9 Å². The number of pyridine rings is 1. The Kier molecular flexibility index (Phi) is 6.10. The maximum atomic E-state index is 5.07. The predicted octanol–water partition coefficient (Wildman–Crippen LogP) is 10.8. The minimum atomic E-state index is 0.145. The van der Waals surface area contributed by atoms with Gasteiger partial charge in [-0.15, -0.1) is 0 Å². The van der Waals surface area contributed by atoms with Gasteiger partial charge in [0.2, 0.25) is 0 Å².